The third-order valence-electron chi connectivity index (χ3n) is 10.9. The van der Waals surface area contributed by atoms with Gasteiger partial charge in [0.15, 0.2) is 18.7 Å². The lowest BCUT2D eigenvalue weighted by molar-refractivity contribution is -0.313. The van der Waals surface area contributed by atoms with Gasteiger partial charge in [0.25, 0.3) is 6.02 Å². The second-order valence-corrected chi connectivity index (χ2v) is 15.9. The number of amidine groups is 1. The van der Waals surface area contributed by atoms with Crippen LogP contribution in [0.3, 0.4) is 0 Å². The summed E-state index contributed by atoms with van der Waals surface area (Å²) in [6.45, 7) is 17.1. The Bertz CT molecular complexity index is 1200. The number of aliphatic hydroxyl groups is 2. The molecular formula is C36H63N3O11. The maximum Gasteiger partial charge on any atom is 0.311 e. The first-order valence-electron chi connectivity index (χ1n) is 18.2. The van der Waals surface area contributed by atoms with Crippen molar-refractivity contribution >= 4 is 17.9 Å². The smallest absolute Gasteiger partial charge is 0.311 e. The van der Waals surface area contributed by atoms with E-state index in [1.165, 1.54) is 7.11 Å². The Morgan fingerprint density at radius 3 is 2.34 bits per heavy atom. The first kappa shape index (κ1) is 40.7. The number of fused-ring (bicyclic) bond motifs is 1. The molecule has 14 heteroatoms. The van der Waals surface area contributed by atoms with Gasteiger partial charge in [0.2, 0.25) is 5.91 Å². The molecule has 2 N–H and O–H groups in total. The molecule has 14 atom stereocenters. The average Bonchev–Trinajstić information content (AvgIpc) is 3.33. The summed E-state index contributed by atoms with van der Waals surface area (Å²) in [5, 5.41) is 23.3. The van der Waals surface area contributed by atoms with E-state index >= 15 is 0 Å². The minimum Gasteiger partial charge on any atom is -0.465 e. The molecule has 288 valence electrons. The highest BCUT2D eigenvalue weighted by Gasteiger charge is 2.54. The number of hydrogen-bond acceptors (Lipinski definition) is 12. The summed E-state index contributed by atoms with van der Waals surface area (Å²) in [5.41, 5.74) is -2.46. The number of likely N-dealkylation sites (N-methyl/N-ethyl adjacent to an activating group) is 1. The van der Waals surface area contributed by atoms with Crippen molar-refractivity contribution in [2.45, 2.75) is 160 Å². The Balaban J connectivity index is 1.75. The molecular weight excluding hydrogens is 650 g/mol. The fourth-order valence-corrected chi connectivity index (χ4v) is 8.10. The first-order valence-corrected chi connectivity index (χ1v) is 18.2. The summed E-state index contributed by atoms with van der Waals surface area (Å²) < 4.78 is 43.9. The van der Waals surface area contributed by atoms with Crippen LogP contribution in [0.4, 0.5) is 0 Å². The number of aliphatic imine (C=N–C) groups is 1. The summed E-state index contributed by atoms with van der Waals surface area (Å²) in [4.78, 5) is 34.9. The molecule has 4 heterocycles. The van der Waals surface area contributed by atoms with Gasteiger partial charge >= 0.3 is 5.97 Å². The molecule has 0 aromatic heterocycles. The predicted octanol–water partition coefficient (Wildman–Crippen LogP) is 2.71. The molecule has 4 saturated heterocycles. The van der Waals surface area contributed by atoms with E-state index in [0.29, 0.717) is 19.0 Å². The van der Waals surface area contributed by atoms with Gasteiger partial charge in [-0.1, -0.05) is 13.8 Å². The van der Waals surface area contributed by atoms with Gasteiger partial charge in [-0.3, -0.25) is 9.59 Å². The minimum absolute atomic E-state index is 0.0158. The topological polar surface area (TPSA) is 158 Å². The Kier molecular flexibility index (Phi) is 13.3. The van der Waals surface area contributed by atoms with Crippen LogP contribution in [-0.4, -0.2) is 145 Å². The van der Waals surface area contributed by atoms with Crippen LogP contribution in [0.15, 0.2) is 4.99 Å². The summed E-state index contributed by atoms with van der Waals surface area (Å²) in [5.74, 6) is -2.34. The number of cyclic esters (lactones) is 1. The molecule has 4 aliphatic heterocycles. The third kappa shape index (κ3) is 9.10. The van der Waals surface area contributed by atoms with E-state index < -0.39 is 72.1 Å². The number of methoxy groups -OCH3 is 1. The number of carbonyl (C=O) groups excluding carboxylic acids is 2. The van der Waals surface area contributed by atoms with Crippen LogP contribution in [0.5, 0.6) is 0 Å². The average molecular weight is 714 g/mol. The number of carbonyl (C=O) groups is 2. The molecule has 14 nitrogen and oxygen atoms in total. The van der Waals surface area contributed by atoms with Crippen molar-refractivity contribution in [3.8, 4) is 0 Å². The van der Waals surface area contributed by atoms with Gasteiger partial charge < -0.3 is 53.2 Å². The van der Waals surface area contributed by atoms with E-state index in [0.717, 1.165) is 0 Å². The van der Waals surface area contributed by atoms with Crippen LogP contribution >= 0.6 is 0 Å². The van der Waals surface area contributed by atoms with E-state index in [4.69, 9.17) is 33.2 Å². The van der Waals surface area contributed by atoms with Crippen molar-refractivity contribution in [1.82, 2.24) is 9.80 Å². The maximum absolute atomic E-state index is 13.6. The van der Waals surface area contributed by atoms with Crippen LogP contribution in [-0.2, 0) is 42.7 Å². The zero-order valence-corrected chi connectivity index (χ0v) is 32.2. The van der Waals surface area contributed by atoms with E-state index in [1.54, 1.807) is 39.6 Å². The van der Waals surface area contributed by atoms with Gasteiger partial charge in [-0.2, -0.15) is 0 Å². The fourth-order valence-electron chi connectivity index (χ4n) is 8.10. The highest BCUT2D eigenvalue weighted by atomic mass is 16.7. The number of hydrogen-bond donors (Lipinski definition) is 2. The zero-order chi connectivity index (χ0) is 37.3. The highest BCUT2D eigenvalue weighted by molar-refractivity contribution is 5.77. The lowest BCUT2D eigenvalue weighted by atomic mass is 9.77. The second kappa shape index (κ2) is 16.3. The molecule has 0 radical (unpaired) electrons. The number of amides is 1. The SMILES string of the molecule is CO[C@]1(C)C[C@H](OC2[C@@H](C)C(=O)OCCC(=O)N(C)C[C@H](C)C[C@@](C)(O)[C@H](OC3O[C@H](C)C[C@H]4[C@H]3O/C(=N/C(C)C)N4C)[C@H]2C)O[C@@H](C)[C@@H]1O. The van der Waals surface area contributed by atoms with E-state index in [1.807, 2.05) is 46.6 Å². The van der Waals surface area contributed by atoms with E-state index in [9.17, 15) is 19.8 Å². The largest absolute Gasteiger partial charge is 0.465 e. The molecule has 0 aromatic carbocycles. The second-order valence-electron chi connectivity index (χ2n) is 15.9. The monoisotopic (exact) mass is 713 g/mol. The third-order valence-corrected chi connectivity index (χ3v) is 10.9. The van der Waals surface area contributed by atoms with E-state index in [2.05, 4.69) is 4.99 Å². The van der Waals surface area contributed by atoms with Gasteiger partial charge in [-0.05, 0) is 67.2 Å². The molecule has 0 aromatic rings. The van der Waals surface area contributed by atoms with Crippen molar-refractivity contribution in [2.24, 2.45) is 22.7 Å². The molecule has 0 saturated carbocycles. The van der Waals surface area contributed by atoms with Crippen LogP contribution < -0.4 is 0 Å². The summed E-state index contributed by atoms with van der Waals surface area (Å²) in [6, 6.07) is 0.454. The van der Waals surface area contributed by atoms with Gasteiger partial charge in [0.05, 0.1) is 54.0 Å². The minimum atomic E-state index is -1.49. The van der Waals surface area contributed by atoms with Crippen molar-refractivity contribution in [2.75, 3.05) is 34.4 Å². The van der Waals surface area contributed by atoms with Crippen LogP contribution in [0.25, 0.3) is 0 Å². The van der Waals surface area contributed by atoms with Gasteiger partial charge in [-0.25, -0.2) is 4.99 Å². The van der Waals surface area contributed by atoms with Gasteiger partial charge in [0, 0.05) is 46.1 Å². The van der Waals surface area contributed by atoms with E-state index in [-0.39, 0.29) is 55.9 Å². The summed E-state index contributed by atoms with van der Waals surface area (Å²) in [7, 11) is 5.19. The zero-order valence-electron chi connectivity index (χ0n) is 32.2. The van der Waals surface area contributed by atoms with Gasteiger partial charge in [-0.15, -0.1) is 0 Å². The molecule has 1 amide bonds. The van der Waals surface area contributed by atoms with Crippen molar-refractivity contribution in [3.63, 3.8) is 0 Å². The Labute approximate surface area is 298 Å². The number of rotatable bonds is 6. The summed E-state index contributed by atoms with van der Waals surface area (Å²) in [6.07, 6.45) is -4.65. The molecule has 4 fully saturated rings. The number of esters is 1. The van der Waals surface area contributed by atoms with Crippen LogP contribution in [0.1, 0.15) is 88.0 Å². The number of ether oxygens (including phenoxy) is 7. The molecule has 0 bridgehead atoms. The Morgan fingerprint density at radius 1 is 1.02 bits per heavy atom. The molecule has 0 aliphatic carbocycles. The fraction of sp³-hybridized carbons (Fsp3) is 0.917. The van der Waals surface area contributed by atoms with Crippen molar-refractivity contribution in [1.29, 1.82) is 0 Å². The Morgan fingerprint density at radius 2 is 1.70 bits per heavy atom. The number of nitrogens with zero attached hydrogens (tertiary/aromatic N) is 3. The van der Waals surface area contributed by atoms with Gasteiger partial charge in [0.1, 0.15) is 12.7 Å². The standard InChI is InChI=1S/C36H63N3O11/c1-19(2)37-34-39(11)25-15-21(4)46-33(29(25)49-34)50-31-22(5)28(48-27-17-36(9,44-12)30(41)24(7)47-27)23(6)32(42)45-14-13-26(40)38(10)18-20(3)16-35(31,8)43/h19-25,27-31,33,41,43H,13-18H2,1-12H3/b37-34+/t20-,21-,22+,23-,24+,25+,27+,28?,29-,30+,31-,33?,35-,36-/m1/s1. The van der Waals surface area contributed by atoms with Crippen molar-refractivity contribution < 1.29 is 53.0 Å². The number of aliphatic hydroxyl groups excluding tert-OH is 1. The highest BCUT2D eigenvalue weighted by Crippen LogP contribution is 2.40. The molecule has 4 aliphatic rings. The predicted molar refractivity (Wildman–Crippen MR) is 184 cm³/mol. The molecule has 50 heavy (non-hydrogen) atoms. The first-order chi connectivity index (χ1) is 23.3. The normalized spacial score (nSPS) is 44.9. The maximum atomic E-state index is 13.6. The lowest BCUT2D eigenvalue weighted by Gasteiger charge is -2.48. The molecule has 0 spiro atoms. The van der Waals surface area contributed by atoms with Crippen molar-refractivity contribution in [3.05, 3.63) is 0 Å². The molecule has 4 rings (SSSR count). The lowest BCUT2D eigenvalue weighted by Crippen LogP contribution is -2.59. The van der Waals surface area contributed by atoms with Crippen LogP contribution in [0.2, 0.25) is 0 Å². The quantitative estimate of drug-likeness (QED) is 0.389. The Hall–Kier alpha value is -2.07. The van der Waals surface area contributed by atoms with Crippen LogP contribution in [0, 0.1) is 17.8 Å². The summed E-state index contributed by atoms with van der Waals surface area (Å²) >= 11 is 0. The molecule has 2 unspecified atom stereocenters.